The third-order valence-electron chi connectivity index (χ3n) is 3.79. The Hall–Kier alpha value is -2.29. The second kappa shape index (κ2) is 5.84. The first-order valence-corrected chi connectivity index (χ1v) is 7.26. The van der Waals surface area contributed by atoms with Crippen LogP contribution >= 0.6 is 0 Å². The van der Waals surface area contributed by atoms with Crippen LogP contribution in [-0.4, -0.2) is 0 Å². The minimum Gasteiger partial charge on any atom is -0.206 e. The van der Waals surface area contributed by atoms with E-state index in [0.717, 1.165) is 35.9 Å². The molecular weight excluding hydrogens is 285 g/mol. The Kier molecular flexibility index (Phi) is 3.88. The fourth-order valence-electron chi connectivity index (χ4n) is 2.67. The first-order chi connectivity index (χ1) is 10.6. The molecule has 0 aliphatic heterocycles. The fourth-order valence-corrected chi connectivity index (χ4v) is 2.67. The zero-order valence-corrected chi connectivity index (χ0v) is 12.2. The second-order valence-corrected chi connectivity index (χ2v) is 5.36. The van der Waals surface area contributed by atoms with Crippen molar-refractivity contribution in [3.8, 4) is 11.1 Å². The van der Waals surface area contributed by atoms with E-state index >= 15 is 0 Å². The lowest BCUT2D eigenvalue weighted by atomic mass is 9.98. The molecule has 0 unspecified atom stereocenters. The predicted octanol–water partition coefficient (Wildman–Crippen LogP) is 5.88. The van der Waals surface area contributed by atoms with Crippen LogP contribution in [0.5, 0.6) is 0 Å². The summed E-state index contributed by atoms with van der Waals surface area (Å²) in [6, 6.07) is 12.5. The van der Waals surface area contributed by atoms with Gasteiger partial charge in [-0.25, -0.2) is 13.2 Å². The summed E-state index contributed by atoms with van der Waals surface area (Å²) >= 11 is 0. The van der Waals surface area contributed by atoms with Crippen LogP contribution in [0.25, 0.3) is 21.9 Å². The van der Waals surface area contributed by atoms with Gasteiger partial charge in [-0.15, -0.1) is 0 Å². The van der Waals surface area contributed by atoms with Crippen molar-refractivity contribution in [1.29, 1.82) is 0 Å². The van der Waals surface area contributed by atoms with Gasteiger partial charge in [-0.3, -0.25) is 0 Å². The summed E-state index contributed by atoms with van der Waals surface area (Å²) in [6.07, 6.45) is 1.98. The number of benzene rings is 3. The molecule has 22 heavy (non-hydrogen) atoms. The van der Waals surface area contributed by atoms with Crippen molar-refractivity contribution in [3.63, 3.8) is 0 Å². The molecule has 0 aromatic heterocycles. The van der Waals surface area contributed by atoms with E-state index in [4.69, 9.17) is 0 Å². The van der Waals surface area contributed by atoms with E-state index < -0.39 is 17.5 Å². The molecule has 3 aromatic carbocycles. The molecule has 0 saturated heterocycles. The maximum atomic E-state index is 14.7. The summed E-state index contributed by atoms with van der Waals surface area (Å²) in [5.41, 5.74) is 1.76. The Balaban J connectivity index is 2.13. The van der Waals surface area contributed by atoms with Gasteiger partial charge in [0.05, 0.1) is 0 Å². The molecule has 0 aliphatic carbocycles. The molecule has 3 heteroatoms. The predicted molar refractivity (Wildman–Crippen MR) is 83.3 cm³/mol. The van der Waals surface area contributed by atoms with Gasteiger partial charge in [-0.2, -0.15) is 0 Å². The summed E-state index contributed by atoms with van der Waals surface area (Å²) in [7, 11) is 0. The molecular formula is C19H15F3. The zero-order valence-electron chi connectivity index (χ0n) is 12.2. The normalized spacial score (nSPS) is 11.1. The van der Waals surface area contributed by atoms with Crippen molar-refractivity contribution < 1.29 is 13.2 Å². The van der Waals surface area contributed by atoms with Gasteiger partial charge in [0.1, 0.15) is 5.82 Å². The summed E-state index contributed by atoms with van der Waals surface area (Å²) in [5.74, 6) is -2.32. The summed E-state index contributed by atoms with van der Waals surface area (Å²) in [6.45, 7) is 2.09. The molecule has 0 heterocycles. The standard InChI is InChI=1S/C19H15F3/c1-2-3-12-4-7-15-13(10-12)5-8-16(19(15)22)14-6-9-17(20)18(21)11-14/h4-11H,2-3H2,1H3. The Morgan fingerprint density at radius 2 is 1.64 bits per heavy atom. The molecule has 0 spiro atoms. The topological polar surface area (TPSA) is 0 Å². The lowest BCUT2D eigenvalue weighted by Gasteiger charge is -2.09. The van der Waals surface area contributed by atoms with Gasteiger partial charge in [0.2, 0.25) is 0 Å². The molecule has 112 valence electrons. The summed E-state index contributed by atoms with van der Waals surface area (Å²) in [5, 5.41) is 1.30. The Bertz CT molecular complexity index is 837. The van der Waals surface area contributed by atoms with E-state index in [1.165, 1.54) is 6.07 Å². The van der Waals surface area contributed by atoms with E-state index in [1.54, 1.807) is 12.1 Å². The van der Waals surface area contributed by atoms with E-state index in [-0.39, 0.29) is 5.56 Å². The van der Waals surface area contributed by atoms with Crippen molar-refractivity contribution in [2.45, 2.75) is 19.8 Å². The number of halogens is 3. The highest BCUT2D eigenvalue weighted by molar-refractivity contribution is 5.88. The maximum Gasteiger partial charge on any atom is 0.159 e. The van der Waals surface area contributed by atoms with Gasteiger partial charge < -0.3 is 0 Å². The third kappa shape index (κ3) is 2.59. The largest absolute Gasteiger partial charge is 0.206 e. The average Bonchev–Trinajstić information content (AvgIpc) is 2.51. The van der Waals surface area contributed by atoms with Crippen LogP contribution in [0.1, 0.15) is 18.9 Å². The van der Waals surface area contributed by atoms with Gasteiger partial charge in [0.25, 0.3) is 0 Å². The van der Waals surface area contributed by atoms with Crippen LogP contribution in [0.3, 0.4) is 0 Å². The Labute approximate surface area is 127 Å². The van der Waals surface area contributed by atoms with Crippen molar-refractivity contribution in [2.75, 3.05) is 0 Å². The first kappa shape index (κ1) is 14.6. The summed E-state index contributed by atoms with van der Waals surface area (Å²) in [4.78, 5) is 0. The van der Waals surface area contributed by atoms with Crippen LogP contribution in [0, 0.1) is 17.5 Å². The fraction of sp³-hybridized carbons (Fsp3) is 0.158. The Morgan fingerprint density at radius 3 is 2.36 bits per heavy atom. The van der Waals surface area contributed by atoms with Crippen LogP contribution in [-0.2, 0) is 6.42 Å². The molecule has 0 N–H and O–H groups in total. The minimum absolute atomic E-state index is 0.273. The van der Waals surface area contributed by atoms with Crippen LogP contribution in [0.2, 0.25) is 0 Å². The highest BCUT2D eigenvalue weighted by atomic mass is 19.2. The van der Waals surface area contributed by atoms with Crippen molar-refractivity contribution in [1.82, 2.24) is 0 Å². The van der Waals surface area contributed by atoms with E-state index in [1.807, 2.05) is 18.2 Å². The molecule has 0 atom stereocenters. The van der Waals surface area contributed by atoms with Crippen molar-refractivity contribution in [2.24, 2.45) is 0 Å². The quantitative estimate of drug-likeness (QED) is 0.567. The minimum atomic E-state index is -0.977. The maximum absolute atomic E-state index is 14.7. The van der Waals surface area contributed by atoms with E-state index in [9.17, 15) is 13.2 Å². The first-order valence-electron chi connectivity index (χ1n) is 7.26. The third-order valence-corrected chi connectivity index (χ3v) is 3.79. The molecule has 0 saturated carbocycles. The van der Waals surface area contributed by atoms with Crippen molar-refractivity contribution in [3.05, 3.63) is 71.5 Å². The summed E-state index contributed by atoms with van der Waals surface area (Å²) < 4.78 is 41.1. The number of aryl methyl sites for hydroxylation is 1. The molecule has 0 nitrogen and oxygen atoms in total. The highest BCUT2D eigenvalue weighted by Gasteiger charge is 2.12. The molecule has 0 amide bonds. The smallest absolute Gasteiger partial charge is 0.159 e. The number of hydrogen-bond acceptors (Lipinski definition) is 0. The number of fused-ring (bicyclic) bond motifs is 1. The lowest BCUT2D eigenvalue weighted by molar-refractivity contribution is 0.509. The molecule has 0 bridgehead atoms. The zero-order chi connectivity index (χ0) is 15.7. The Morgan fingerprint density at radius 1 is 0.818 bits per heavy atom. The lowest BCUT2D eigenvalue weighted by Crippen LogP contribution is -1.91. The second-order valence-electron chi connectivity index (χ2n) is 5.36. The van der Waals surface area contributed by atoms with E-state index in [0.29, 0.717) is 10.9 Å². The van der Waals surface area contributed by atoms with Gasteiger partial charge in [-0.05, 0) is 35.1 Å². The number of hydrogen-bond donors (Lipinski definition) is 0. The SMILES string of the molecule is CCCc1ccc2c(F)c(-c3ccc(F)c(F)c3)ccc2c1. The van der Waals surface area contributed by atoms with Gasteiger partial charge in [-0.1, -0.05) is 49.7 Å². The van der Waals surface area contributed by atoms with Crippen LogP contribution in [0.15, 0.2) is 48.5 Å². The molecule has 0 aliphatic rings. The van der Waals surface area contributed by atoms with Crippen LogP contribution < -0.4 is 0 Å². The van der Waals surface area contributed by atoms with Gasteiger partial charge in [0, 0.05) is 10.9 Å². The number of rotatable bonds is 3. The monoisotopic (exact) mass is 300 g/mol. The highest BCUT2D eigenvalue weighted by Crippen LogP contribution is 2.30. The molecule has 0 fully saturated rings. The van der Waals surface area contributed by atoms with Crippen LogP contribution in [0.4, 0.5) is 13.2 Å². The van der Waals surface area contributed by atoms with Crippen molar-refractivity contribution >= 4 is 10.8 Å². The average molecular weight is 300 g/mol. The van der Waals surface area contributed by atoms with Gasteiger partial charge >= 0.3 is 0 Å². The molecule has 0 radical (unpaired) electrons. The van der Waals surface area contributed by atoms with E-state index in [2.05, 4.69) is 6.92 Å². The molecule has 3 rings (SSSR count). The molecule has 3 aromatic rings. The van der Waals surface area contributed by atoms with Gasteiger partial charge in [0.15, 0.2) is 11.6 Å².